The highest BCUT2D eigenvalue weighted by atomic mass is 15.0. The highest BCUT2D eigenvalue weighted by Gasteiger charge is 2.16. The van der Waals surface area contributed by atoms with Gasteiger partial charge >= 0.3 is 0 Å². The molecular weight excluding hydrogens is 883 g/mol. The second-order valence-corrected chi connectivity index (χ2v) is 18.6. The Kier molecular flexibility index (Phi) is 11.2. The molecule has 0 N–H and O–H groups in total. The summed E-state index contributed by atoms with van der Waals surface area (Å²) in [5.41, 5.74) is 22.1. The van der Waals surface area contributed by atoms with Crippen LogP contribution in [0.1, 0.15) is 0 Å². The Hall–Kier alpha value is -9.70. The molecule has 0 amide bonds. The van der Waals surface area contributed by atoms with Crippen LogP contribution >= 0.6 is 0 Å². The zero-order valence-corrected chi connectivity index (χ0v) is 40.0. The van der Waals surface area contributed by atoms with Gasteiger partial charge in [-0.25, -0.2) is 9.97 Å². The molecule has 0 aliphatic heterocycles. The van der Waals surface area contributed by atoms with E-state index in [4.69, 9.17) is 9.97 Å². The number of hydrogen-bond donors (Lipinski definition) is 0. The summed E-state index contributed by atoms with van der Waals surface area (Å²) in [6.07, 6.45) is 0. The second-order valence-electron chi connectivity index (χ2n) is 18.6. The fraction of sp³-hybridized carbons (Fsp3) is 0. The van der Waals surface area contributed by atoms with Crippen molar-refractivity contribution in [1.82, 2.24) is 14.5 Å². The Balaban J connectivity index is 0.885. The van der Waals surface area contributed by atoms with Crippen LogP contribution in [0.3, 0.4) is 0 Å². The fourth-order valence-electron chi connectivity index (χ4n) is 10.3. The number of hydrogen-bond acceptors (Lipinski definition) is 2. The van der Waals surface area contributed by atoms with E-state index in [1.807, 2.05) is 0 Å². The Morgan fingerprint density at radius 3 is 0.986 bits per heavy atom. The highest BCUT2D eigenvalue weighted by molar-refractivity contribution is 6.09. The molecule has 0 atom stereocenters. The molecule has 0 saturated carbocycles. The predicted molar refractivity (Wildman–Crippen MR) is 305 cm³/mol. The molecule has 73 heavy (non-hydrogen) atoms. The van der Waals surface area contributed by atoms with Gasteiger partial charge in [-0.2, -0.15) is 0 Å². The van der Waals surface area contributed by atoms with Crippen LogP contribution in [0, 0.1) is 0 Å². The molecule has 342 valence electrons. The molecule has 2 heterocycles. The topological polar surface area (TPSA) is 30.7 Å². The lowest BCUT2D eigenvalue weighted by Gasteiger charge is -2.13. The Bertz CT molecular complexity index is 4080. The molecular formula is C70H47N3. The smallest absolute Gasteiger partial charge is 0.160 e. The van der Waals surface area contributed by atoms with Crippen LogP contribution in [0.15, 0.2) is 285 Å². The lowest BCUT2D eigenvalue weighted by molar-refractivity contribution is 1.16. The van der Waals surface area contributed by atoms with Crippen molar-refractivity contribution in [1.29, 1.82) is 0 Å². The van der Waals surface area contributed by atoms with E-state index < -0.39 is 0 Å². The first-order chi connectivity index (χ1) is 36.1. The standard InChI is InChI=1S/C70H47N3/c1-3-17-48(18-4-1)52-21-11-24-55(41-52)57-26-13-23-54(43-57)50-37-39-51(40-38-50)66-47-67(72-70(71-66)62-31-16-32-63(46-62)73-68-35-9-7-33-64(68)65-34-8-10-36-69(65)73)61-30-15-29-60(45-61)59-28-14-27-58(44-59)56-25-12-22-53(42-56)49-19-5-2-6-20-49/h1-47H. The van der Waals surface area contributed by atoms with E-state index in [-0.39, 0.29) is 0 Å². The van der Waals surface area contributed by atoms with Crippen LogP contribution in [-0.4, -0.2) is 14.5 Å². The molecule has 0 bridgehead atoms. The van der Waals surface area contributed by atoms with Gasteiger partial charge in [0.1, 0.15) is 0 Å². The van der Waals surface area contributed by atoms with Crippen molar-refractivity contribution >= 4 is 21.8 Å². The van der Waals surface area contributed by atoms with E-state index in [0.29, 0.717) is 5.82 Å². The first-order valence-corrected chi connectivity index (χ1v) is 24.9. The van der Waals surface area contributed by atoms with Crippen LogP contribution in [0.5, 0.6) is 0 Å². The molecule has 13 rings (SSSR count). The van der Waals surface area contributed by atoms with Crippen molar-refractivity contribution in [3.8, 4) is 106 Å². The van der Waals surface area contributed by atoms with Gasteiger partial charge in [0.2, 0.25) is 0 Å². The van der Waals surface area contributed by atoms with Crippen molar-refractivity contribution in [2.75, 3.05) is 0 Å². The third-order valence-electron chi connectivity index (χ3n) is 14.0. The van der Waals surface area contributed by atoms with Gasteiger partial charge in [-0.3, -0.25) is 0 Å². The monoisotopic (exact) mass is 929 g/mol. The zero-order valence-electron chi connectivity index (χ0n) is 40.0. The molecule has 0 radical (unpaired) electrons. The van der Waals surface area contributed by atoms with Crippen molar-refractivity contribution in [2.45, 2.75) is 0 Å². The summed E-state index contributed by atoms with van der Waals surface area (Å²) < 4.78 is 2.35. The molecule has 0 unspecified atom stereocenters. The molecule has 13 aromatic rings. The first kappa shape index (κ1) is 43.3. The zero-order chi connectivity index (χ0) is 48.5. The lowest BCUT2D eigenvalue weighted by Crippen LogP contribution is -1.98. The molecule has 0 aliphatic rings. The van der Waals surface area contributed by atoms with Gasteiger partial charge in [0.25, 0.3) is 0 Å². The lowest BCUT2D eigenvalue weighted by atomic mass is 9.95. The summed E-state index contributed by atoms with van der Waals surface area (Å²) in [5.74, 6) is 0.662. The molecule has 3 heteroatoms. The summed E-state index contributed by atoms with van der Waals surface area (Å²) in [4.78, 5) is 10.8. The molecule has 11 aromatic carbocycles. The second kappa shape index (κ2) is 18.9. The fourth-order valence-corrected chi connectivity index (χ4v) is 10.3. The molecule has 0 spiro atoms. The first-order valence-electron chi connectivity index (χ1n) is 24.9. The van der Waals surface area contributed by atoms with Gasteiger partial charge in [-0.1, -0.05) is 224 Å². The van der Waals surface area contributed by atoms with E-state index in [2.05, 4.69) is 290 Å². The molecule has 3 nitrogen and oxygen atoms in total. The molecule has 0 saturated heterocycles. The Morgan fingerprint density at radius 2 is 0.521 bits per heavy atom. The summed E-state index contributed by atoms with van der Waals surface area (Å²) in [6.45, 7) is 0. The Morgan fingerprint density at radius 1 is 0.205 bits per heavy atom. The van der Waals surface area contributed by atoms with E-state index in [1.54, 1.807) is 0 Å². The van der Waals surface area contributed by atoms with Crippen molar-refractivity contribution in [3.05, 3.63) is 285 Å². The van der Waals surface area contributed by atoms with E-state index in [9.17, 15) is 0 Å². The number of nitrogens with zero attached hydrogens (tertiary/aromatic N) is 3. The van der Waals surface area contributed by atoms with Gasteiger partial charge in [-0.15, -0.1) is 0 Å². The van der Waals surface area contributed by atoms with Gasteiger partial charge in [-0.05, 0) is 127 Å². The van der Waals surface area contributed by atoms with Gasteiger partial charge < -0.3 is 4.57 Å². The van der Waals surface area contributed by atoms with Crippen molar-refractivity contribution in [3.63, 3.8) is 0 Å². The number of benzene rings is 11. The van der Waals surface area contributed by atoms with E-state index >= 15 is 0 Å². The third kappa shape index (κ3) is 8.60. The van der Waals surface area contributed by atoms with Gasteiger partial charge in [0, 0.05) is 33.2 Å². The minimum Gasteiger partial charge on any atom is -0.309 e. The summed E-state index contributed by atoms with van der Waals surface area (Å²) in [6, 6.07) is 102. The quantitative estimate of drug-likeness (QED) is 0.137. The maximum atomic E-state index is 5.39. The van der Waals surface area contributed by atoms with E-state index in [0.717, 1.165) is 67.1 Å². The molecule has 0 aliphatic carbocycles. The molecule has 2 aromatic heterocycles. The third-order valence-corrected chi connectivity index (χ3v) is 14.0. The highest BCUT2D eigenvalue weighted by Crippen LogP contribution is 2.37. The Labute approximate surface area is 425 Å². The summed E-state index contributed by atoms with van der Waals surface area (Å²) in [5, 5.41) is 2.45. The summed E-state index contributed by atoms with van der Waals surface area (Å²) >= 11 is 0. The molecule has 0 fully saturated rings. The number of para-hydroxylation sites is 2. The average Bonchev–Trinajstić information content (AvgIpc) is 3.82. The number of aromatic nitrogens is 3. The minimum absolute atomic E-state index is 0.662. The number of fused-ring (bicyclic) bond motifs is 3. The minimum atomic E-state index is 0.662. The van der Waals surface area contributed by atoms with Crippen LogP contribution in [0.25, 0.3) is 128 Å². The van der Waals surface area contributed by atoms with Crippen molar-refractivity contribution in [2.24, 2.45) is 0 Å². The number of rotatable bonds is 10. The maximum absolute atomic E-state index is 5.39. The van der Waals surface area contributed by atoms with Crippen LogP contribution in [-0.2, 0) is 0 Å². The van der Waals surface area contributed by atoms with Crippen LogP contribution < -0.4 is 0 Å². The van der Waals surface area contributed by atoms with Gasteiger partial charge in [0.05, 0.1) is 22.4 Å². The predicted octanol–water partition coefficient (Wildman–Crippen LogP) is 18.6. The van der Waals surface area contributed by atoms with Crippen LogP contribution in [0.4, 0.5) is 0 Å². The van der Waals surface area contributed by atoms with Gasteiger partial charge in [0.15, 0.2) is 5.82 Å². The average molecular weight is 930 g/mol. The largest absolute Gasteiger partial charge is 0.309 e. The summed E-state index contributed by atoms with van der Waals surface area (Å²) in [7, 11) is 0. The van der Waals surface area contributed by atoms with Crippen LogP contribution in [0.2, 0.25) is 0 Å². The maximum Gasteiger partial charge on any atom is 0.160 e. The SMILES string of the molecule is c1ccc(-c2cccc(-c3cccc(-c4ccc(-c5cc(-c6cccc(-c7cccc(-c8cccc(-c9ccccc9)c8)c7)c6)nc(-c6cccc(-n7c8ccccc8c8ccccc87)c6)n5)cc4)c3)c2)cc1. The van der Waals surface area contributed by atoms with E-state index in [1.165, 1.54) is 55.3 Å². The normalized spacial score (nSPS) is 11.3. The van der Waals surface area contributed by atoms with Crippen molar-refractivity contribution < 1.29 is 0 Å².